The Morgan fingerprint density at radius 3 is 2.43 bits per heavy atom. The van der Waals surface area contributed by atoms with Crippen molar-refractivity contribution in [1.29, 1.82) is 0 Å². The van der Waals surface area contributed by atoms with Gasteiger partial charge in [0.2, 0.25) is 0 Å². The number of fused-ring (bicyclic) bond motifs is 1. The second kappa shape index (κ2) is 11.3. The van der Waals surface area contributed by atoms with E-state index in [1.54, 1.807) is 30.5 Å². The molecule has 5 rings (SSSR count). The van der Waals surface area contributed by atoms with Crippen molar-refractivity contribution in [2.24, 2.45) is 0 Å². The second-order valence-electron chi connectivity index (χ2n) is 11.4. The van der Waals surface area contributed by atoms with E-state index in [1.807, 2.05) is 46.4 Å². The van der Waals surface area contributed by atoms with Gasteiger partial charge in [-0.05, 0) is 43.9 Å². The number of hydrogen-bond donors (Lipinski definition) is 1. The molecule has 12 heteroatoms. The highest BCUT2D eigenvalue weighted by Gasteiger charge is 2.35. The SMILES string of the molecule is CC(C)c1cnnc(C(C)C)c1-n1c(=O)nc(N2C[C@H](C)N(C(=O)O)C[C@H]2C)c2cc(Cl)c(-c3ccccc3F)nc21. The zero-order valence-electron chi connectivity index (χ0n) is 24.3. The van der Waals surface area contributed by atoms with Crippen molar-refractivity contribution in [1.82, 2.24) is 29.6 Å². The number of benzene rings is 1. The molecule has 1 aliphatic rings. The molecule has 0 saturated carbocycles. The Morgan fingerprint density at radius 2 is 1.79 bits per heavy atom. The third-order valence-electron chi connectivity index (χ3n) is 7.70. The molecule has 1 aromatic carbocycles. The van der Waals surface area contributed by atoms with Crippen molar-refractivity contribution in [3.05, 3.63) is 69.1 Å². The Balaban J connectivity index is 1.88. The van der Waals surface area contributed by atoms with E-state index in [-0.39, 0.29) is 52.4 Å². The van der Waals surface area contributed by atoms with Crippen LogP contribution < -0.4 is 10.6 Å². The van der Waals surface area contributed by atoms with E-state index in [9.17, 15) is 14.7 Å². The minimum absolute atomic E-state index is 0.0158. The zero-order valence-corrected chi connectivity index (χ0v) is 25.1. The fraction of sp³-hybridized carbons (Fsp3) is 0.400. The van der Waals surface area contributed by atoms with Crippen molar-refractivity contribution in [2.45, 2.75) is 65.5 Å². The van der Waals surface area contributed by atoms with E-state index in [0.29, 0.717) is 29.1 Å². The fourth-order valence-electron chi connectivity index (χ4n) is 5.52. The van der Waals surface area contributed by atoms with E-state index in [4.69, 9.17) is 16.6 Å². The van der Waals surface area contributed by atoms with Gasteiger partial charge < -0.3 is 14.9 Å². The maximum Gasteiger partial charge on any atom is 0.407 e. The van der Waals surface area contributed by atoms with E-state index >= 15 is 4.39 Å². The highest BCUT2D eigenvalue weighted by atomic mass is 35.5. The van der Waals surface area contributed by atoms with Crippen molar-refractivity contribution < 1.29 is 14.3 Å². The first-order valence-corrected chi connectivity index (χ1v) is 14.3. The van der Waals surface area contributed by atoms with Crippen LogP contribution in [0.15, 0.2) is 41.3 Å². The van der Waals surface area contributed by atoms with Crippen LogP contribution in [-0.2, 0) is 0 Å². The van der Waals surface area contributed by atoms with E-state index in [2.05, 4.69) is 15.2 Å². The maximum atomic E-state index is 15.0. The van der Waals surface area contributed by atoms with Crippen LogP contribution in [0.4, 0.5) is 15.0 Å². The van der Waals surface area contributed by atoms with Crippen LogP contribution in [0.25, 0.3) is 28.0 Å². The molecule has 0 bridgehead atoms. The van der Waals surface area contributed by atoms with Crippen LogP contribution >= 0.6 is 11.6 Å². The van der Waals surface area contributed by atoms with Gasteiger partial charge in [0.05, 0.1) is 33.7 Å². The van der Waals surface area contributed by atoms with Crippen LogP contribution in [0.2, 0.25) is 5.02 Å². The number of rotatable bonds is 5. The highest BCUT2D eigenvalue weighted by molar-refractivity contribution is 6.33. The summed E-state index contributed by atoms with van der Waals surface area (Å²) in [5, 5.41) is 18.9. The number of aromatic nitrogens is 5. The van der Waals surface area contributed by atoms with Crippen molar-refractivity contribution in [3.63, 3.8) is 0 Å². The molecule has 1 fully saturated rings. The van der Waals surface area contributed by atoms with Crippen molar-refractivity contribution in [3.8, 4) is 16.9 Å². The summed E-state index contributed by atoms with van der Waals surface area (Å²) in [5.41, 5.74) is 1.95. The Morgan fingerprint density at radius 1 is 1.07 bits per heavy atom. The second-order valence-corrected chi connectivity index (χ2v) is 11.8. The third-order valence-corrected chi connectivity index (χ3v) is 7.99. The molecule has 1 amide bonds. The van der Waals surface area contributed by atoms with Crippen LogP contribution in [0.5, 0.6) is 0 Å². The number of halogens is 2. The molecule has 1 N–H and O–H groups in total. The Hall–Kier alpha value is -4.12. The summed E-state index contributed by atoms with van der Waals surface area (Å²) in [4.78, 5) is 38.7. The zero-order chi connectivity index (χ0) is 30.5. The number of piperazine rings is 1. The predicted molar refractivity (Wildman–Crippen MR) is 160 cm³/mol. The fourth-order valence-corrected chi connectivity index (χ4v) is 5.77. The lowest BCUT2D eigenvalue weighted by Crippen LogP contribution is -2.58. The van der Waals surface area contributed by atoms with E-state index < -0.39 is 17.6 Å². The topological polar surface area (TPSA) is 117 Å². The number of anilines is 1. The molecule has 0 aliphatic carbocycles. The van der Waals surface area contributed by atoms with Crippen LogP contribution in [-0.4, -0.2) is 66.0 Å². The lowest BCUT2D eigenvalue weighted by Gasteiger charge is -2.43. The molecule has 1 saturated heterocycles. The lowest BCUT2D eigenvalue weighted by atomic mass is 9.98. The average molecular weight is 594 g/mol. The molecule has 3 aromatic heterocycles. The Kier molecular flexibility index (Phi) is 7.89. The average Bonchev–Trinajstić information content (AvgIpc) is 2.93. The van der Waals surface area contributed by atoms with Gasteiger partial charge in [0.15, 0.2) is 5.65 Å². The standard InChI is InChI=1S/C30H33ClFN7O3/c1-15(2)21-12-33-36-24(16(3)4)26(21)39-28-20(11-22(31)25(34-28)19-9-7-8-10-23(19)32)27(35-29(39)40)37-13-18(6)38(30(41)42)14-17(37)5/h7-12,15-18H,13-14H2,1-6H3,(H,41,42)/t17-,18+/m1/s1. The number of pyridine rings is 1. The van der Waals surface area contributed by atoms with Gasteiger partial charge in [-0.15, -0.1) is 0 Å². The first kappa shape index (κ1) is 29.4. The summed E-state index contributed by atoms with van der Waals surface area (Å²) >= 11 is 6.78. The monoisotopic (exact) mass is 593 g/mol. The van der Waals surface area contributed by atoms with Crippen LogP contribution in [0.3, 0.4) is 0 Å². The predicted octanol–water partition coefficient (Wildman–Crippen LogP) is 5.85. The van der Waals surface area contributed by atoms with Gasteiger partial charge in [-0.1, -0.05) is 51.4 Å². The quantitative estimate of drug-likeness (QED) is 0.306. The molecule has 10 nitrogen and oxygen atoms in total. The normalized spacial score (nSPS) is 17.5. The minimum atomic E-state index is -1.01. The first-order valence-electron chi connectivity index (χ1n) is 13.9. The van der Waals surface area contributed by atoms with Gasteiger partial charge in [-0.25, -0.2) is 23.5 Å². The summed E-state index contributed by atoms with van der Waals surface area (Å²) < 4.78 is 16.4. The smallest absolute Gasteiger partial charge is 0.407 e. The third kappa shape index (κ3) is 5.06. The number of amides is 1. The van der Waals surface area contributed by atoms with Gasteiger partial charge in [-0.3, -0.25) is 0 Å². The van der Waals surface area contributed by atoms with Crippen molar-refractivity contribution in [2.75, 3.05) is 18.0 Å². The molecular weight excluding hydrogens is 561 g/mol. The van der Waals surface area contributed by atoms with Gasteiger partial charge in [0, 0.05) is 36.3 Å². The molecule has 42 heavy (non-hydrogen) atoms. The van der Waals surface area contributed by atoms with Gasteiger partial charge in [0.1, 0.15) is 11.6 Å². The number of carbonyl (C=O) groups is 1. The summed E-state index contributed by atoms with van der Waals surface area (Å²) in [7, 11) is 0. The molecule has 4 heterocycles. The number of nitrogens with zero attached hydrogens (tertiary/aromatic N) is 7. The first-order chi connectivity index (χ1) is 19.9. The summed E-state index contributed by atoms with van der Waals surface area (Å²) in [5.74, 6) is -0.267. The molecule has 2 atom stereocenters. The van der Waals surface area contributed by atoms with Crippen LogP contribution in [0.1, 0.15) is 64.6 Å². The highest BCUT2D eigenvalue weighted by Crippen LogP contribution is 2.37. The lowest BCUT2D eigenvalue weighted by molar-refractivity contribution is 0.114. The van der Waals surface area contributed by atoms with Crippen LogP contribution in [0, 0.1) is 5.82 Å². The van der Waals surface area contributed by atoms with E-state index in [0.717, 1.165) is 5.56 Å². The summed E-state index contributed by atoms with van der Waals surface area (Å²) in [6.45, 7) is 12.1. The molecule has 4 aromatic rings. The minimum Gasteiger partial charge on any atom is -0.465 e. The number of carboxylic acid groups (broad SMARTS) is 1. The molecule has 1 aliphatic heterocycles. The molecule has 0 unspecified atom stereocenters. The molecule has 0 spiro atoms. The largest absolute Gasteiger partial charge is 0.465 e. The van der Waals surface area contributed by atoms with Gasteiger partial charge >= 0.3 is 11.8 Å². The summed E-state index contributed by atoms with van der Waals surface area (Å²) in [6, 6.07) is 7.19. The number of hydrogen-bond acceptors (Lipinski definition) is 7. The Labute approximate surface area is 247 Å². The van der Waals surface area contributed by atoms with Gasteiger partial charge in [-0.2, -0.15) is 15.2 Å². The molecule has 220 valence electrons. The van der Waals surface area contributed by atoms with Crippen molar-refractivity contribution >= 4 is 34.5 Å². The maximum absolute atomic E-state index is 15.0. The van der Waals surface area contributed by atoms with Gasteiger partial charge in [0.25, 0.3) is 0 Å². The molecular formula is C30H33ClFN7O3. The van der Waals surface area contributed by atoms with E-state index in [1.165, 1.54) is 15.5 Å². The summed E-state index contributed by atoms with van der Waals surface area (Å²) in [6.07, 6.45) is 0.634. The Bertz CT molecular complexity index is 1720. The molecule has 0 radical (unpaired) electrons.